The highest BCUT2D eigenvalue weighted by Crippen LogP contribution is 2.22. The van der Waals surface area contributed by atoms with E-state index < -0.39 is 11.4 Å². The molecule has 0 bridgehead atoms. The molecule has 1 unspecified atom stereocenters. The molecule has 0 aliphatic heterocycles. The summed E-state index contributed by atoms with van der Waals surface area (Å²) in [6, 6.07) is 4.16. The maximum atomic E-state index is 10.1. The van der Waals surface area contributed by atoms with Crippen molar-refractivity contribution in [2.75, 3.05) is 0 Å². The van der Waals surface area contributed by atoms with Gasteiger partial charge in [0.15, 0.2) is 0 Å². The van der Waals surface area contributed by atoms with Crippen LogP contribution in [-0.4, -0.2) is 13.9 Å². The van der Waals surface area contributed by atoms with E-state index in [0.29, 0.717) is 5.56 Å². The maximum Gasteiger partial charge on any atom is 0.142 e. The smallest absolute Gasteiger partial charge is 0.142 e. The van der Waals surface area contributed by atoms with Crippen molar-refractivity contribution in [3.05, 3.63) is 23.8 Å². The van der Waals surface area contributed by atoms with Crippen molar-refractivity contribution in [3.8, 4) is 11.5 Å². The largest absolute Gasteiger partial charge is 0.740 e. The minimum absolute atomic E-state index is 0.0801. The molecule has 1 rings (SSSR count). The van der Waals surface area contributed by atoms with E-state index in [1.165, 1.54) is 18.2 Å². The molecular formula is C7H7O4S-. The van der Waals surface area contributed by atoms with Crippen molar-refractivity contribution >= 4 is 11.4 Å². The van der Waals surface area contributed by atoms with Crippen LogP contribution in [0.3, 0.4) is 0 Å². The molecular weight excluding hydrogens is 180 g/mol. The molecule has 1 aromatic rings. The molecule has 1 N–H and O–H groups in total. The van der Waals surface area contributed by atoms with Crippen LogP contribution in [0.2, 0.25) is 0 Å². The van der Waals surface area contributed by atoms with E-state index in [2.05, 4.69) is 4.18 Å². The molecule has 0 amide bonds. The van der Waals surface area contributed by atoms with Crippen LogP contribution in [-0.2, 0) is 11.4 Å². The maximum absolute atomic E-state index is 10.1. The third kappa shape index (κ3) is 2.21. The Morgan fingerprint density at radius 2 is 2.25 bits per heavy atom. The van der Waals surface area contributed by atoms with Gasteiger partial charge in [0, 0.05) is 0 Å². The molecule has 0 aromatic heterocycles. The normalized spacial score (nSPS) is 12.5. The van der Waals surface area contributed by atoms with Gasteiger partial charge in [-0.1, -0.05) is 0 Å². The van der Waals surface area contributed by atoms with E-state index in [4.69, 9.17) is 5.11 Å². The Hall–Kier alpha value is -1.07. The number of aryl methyl sites for hydroxylation is 1. The van der Waals surface area contributed by atoms with Gasteiger partial charge in [-0.2, -0.15) is 0 Å². The van der Waals surface area contributed by atoms with E-state index in [1.807, 2.05) is 0 Å². The molecule has 5 heteroatoms. The minimum Gasteiger partial charge on any atom is -0.740 e. The Kier molecular flexibility index (Phi) is 2.67. The lowest BCUT2D eigenvalue weighted by molar-refractivity contribution is 0.436. The van der Waals surface area contributed by atoms with Gasteiger partial charge in [0.2, 0.25) is 0 Å². The van der Waals surface area contributed by atoms with Crippen molar-refractivity contribution in [1.29, 1.82) is 0 Å². The molecule has 0 spiro atoms. The lowest BCUT2D eigenvalue weighted by atomic mass is 10.2. The van der Waals surface area contributed by atoms with Gasteiger partial charge >= 0.3 is 0 Å². The molecule has 0 saturated heterocycles. The second-order valence-corrected chi connectivity index (χ2v) is 2.81. The van der Waals surface area contributed by atoms with Gasteiger partial charge in [-0.3, -0.25) is 0 Å². The van der Waals surface area contributed by atoms with E-state index in [-0.39, 0.29) is 11.5 Å². The van der Waals surface area contributed by atoms with Crippen LogP contribution in [0.1, 0.15) is 5.56 Å². The van der Waals surface area contributed by atoms with Gasteiger partial charge in [0.1, 0.15) is 22.9 Å². The molecule has 0 fully saturated rings. The van der Waals surface area contributed by atoms with Crippen molar-refractivity contribution < 1.29 is 18.1 Å². The molecule has 0 radical (unpaired) electrons. The van der Waals surface area contributed by atoms with Crippen LogP contribution < -0.4 is 4.18 Å². The Morgan fingerprint density at radius 1 is 1.58 bits per heavy atom. The summed E-state index contributed by atoms with van der Waals surface area (Å²) in [6.07, 6.45) is 0. The van der Waals surface area contributed by atoms with Crippen LogP contribution in [0.25, 0.3) is 0 Å². The first kappa shape index (κ1) is 9.02. The van der Waals surface area contributed by atoms with E-state index in [1.54, 1.807) is 6.92 Å². The topological polar surface area (TPSA) is 69.6 Å². The molecule has 12 heavy (non-hydrogen) atoms. The predicted molar refractivity (Wildman–Crippen MR) is 42.4 cm³/mol. The second-order valence-electron chi connectivity index (χ2n) is 2.24. The summed E-state index contributed by atoms with van der Waals surface area (Å²) in [5.74, 6) is 0.303. The first-order chi connectivity index (χ1) is 5.59. The van der Waals surface area contributed by atoms with Crippen molar-refractivity contribution in [2.24, 2.45) is 0 Å². The van der Waals surface area contributed by atoms with Crippen LogP contribution >= 0.6 is 0 Å². The number of phenolic OH excluding ortho intramolecular Hbond substituents is 1. The zero-order chi connectivity index (χ0) is 9.14. The Balaban J connectivity index is 2.93. The standard InChI is InChI=1S/C7H8O4S/c1-5-4-6(8)2-3-7(5)11-12(9)10/h2-4,8H,1H3,(H,9,10)/p-1. The van der Waals surface area contributed by atoms with Gasteiger partial charge < -0.3 is 13.8 Å². The third-order valence-electron chi connectivity index (χ3n) is 1.32. The van der Waals surface area contributed by atoms with Crippen molar-refractivity contribution in [3.63, 3.8) is 0 Å². The summed E-state index contributed by atoms with van der Waals surface area (Å²) < 4.78 is 24.6. The molecule has 66 valence electrons. The summed E-state index contributed by atoms with van der Waals surface area (Å²) in [5, 5.41) is 8.96. The lowest BCUT2D eigenvalue weighted by Crippen LogP contribution is -1.98. The Morgan fingerprint density at radius 3 is 2.75 bits per heavy atom. The highest BCUT2D eigenvalue weighted by atomic mass is 32.2. The van der Waals surface area contributed by atoms with Crippen LogP contribution in [0, 0.1) is 6.92 Å². The number of aromatic hydroxyl groups is 1. The number of rotatable bonds is 2. The van der Waals surface area contributed by atoms with Crippen LogP contribution in [0.5, 0.6) is 11.5 Å². The lowest BCUT2D eigenvalue weighted by Gasteiger charge is -2.09. The first-order valence-corrected chi connectivity index (χ1v) is 4.17. The van der Waals surface area contributed by atoms with Crippen LogP contribution in [0.15, 0.2) is 18.2 Å². The summed E-state index contributed by atoms with van der Waals surface area (Å²) in [6.45, 7) is 1.64. The van der Waals surface area contributed by atoms with Crippen molar-refractivity contribution in [1.82, 2.24) is 0 Å². The molecule has 0 heterocycles. The van der Waals surface area contributed by atoms with Gasteiger partial charge in [0.25, 0.3) is 0 Å². The molecule has 1 aromatic carbocycles. The molecule has 1 atom stereocenters. The highest BCUT2D eigenvalue weighted by molar-refractivity contribution is 7.74. The first-order valence-electron chi connectivity index (χ1n) is 3.17. The average Bonchev–Trinajstić information content (AvgIpc) is 1.94. The summed E-state index contributed by atoms with van der Waals surface area (Å²) in [7, 11) is 0. The van der Waals surface area contributed by atoms with E-state index in [0.717, 1.165) is 0 Å². The number of benzene rings is 1. The Bertz CT molecular complexity index is 310. The zero-order valence-corrected chi connectivity index (χ0v) is 7.13. The predicted octanol–water partition coefficient (Wildman–Crippen LogP) is 0.874. The van der Waals surface area contributed by atoms with Gasteiger partial charge in [-0.05, 0) is 30.7 Å². The van der Waals surface area contributed by atoms with E-state index >= 15 is 0 Å². The van der Waals surface area contributed by atoms with Gasteiger partial charge in [-0.15, -0.1) is 0 Å². The summed E-state index contributed by atoms with van der Waals surface area (Å²) in [5.41, 5.74) is 0.569. The molecule has 0 saturated carbocycles. The summed E-state index contributed by atoms with van der Waals surface area (Å²) in [4.78, 5) is 0. The quantitative estimate of drug-likeness (QED) is 0.697. The molecule has 4 nitrogen and oxygen atoms in total. The minimum atomic E-state index is -2.57. The summed E-state index contributed by atoms with van der Waals surface area (Å²) >= 11 is -2.57. The molecule has 0 aliphatic rings. The highest BCUT2D eigenvalue weighted by Gasteiger charge is 1.99. The SMILES string of the molecule is Cc1cc(O)ccc1OS(=O)[O-]. The van der Waals surface area contributed by atoms with E-state index in [9.17, 15) is 8.76 Å². The fourth-order valence-electron chi connectivity index (χ4n) is 0.800. The van der Waals surface area contributed by atoms with Crippen molar-refractivity contribution in [2.45, 2.75) is 6.92 Å². The van der Waals surface area contributed by atoms with Gasteiger partial charge in [-0.25, -0.2) is 4.21 Å². The average molecular weight is 187 g/mol. The Labute approximate surface area is 72.3 Å². The van der Waals surface area contributed by atoms with Gasteiger partial charge in [0.05, 0.1) is 0 Å². The fourth-order valence-corrected chi connectivity index (χ4v) is 1.13. The number of hydrogen-bond donors (Lipinski definition) is 1. The zero-order valence-electron chi connectivity index (χ0n) is 6.31. The van der Waals surface area contributed by atoms with Crippen LogP contribution in [0.4, 0.5) is 0 Å². The fraction of sp³-hybridized carbons (Fsp3) is 0.143. The number of phenols is 1. The monoisotopic (exact) mass is 187 g/mol. The number of hydrogen-bond acceptors (Lipinski definition) is 4. The second kappa shape index (κ2) is 3.55. The third-order valence-corrected chi connectivity index (χ3v) is 1.63. The molecule has 0 aliphatic carbocycles.